The number of nitrogens with zero attached hydrogens (tertiary/aromatic N) is 3. The number of H-pyrrole nitrogens is 1. The number of carbonyl (C=O) groups excluding carboxylic acids is 1. The molecule has 0 aliphatic rings. The number of phenols is 1. The number of hydrogen-bond donors (Lipinski definition) is 3. The van der Waals surface area contributed by atoms with Crippen molar-refractivity contribution >= 4 is 40.4 Å². The van der Waals surface area contributed by atoms with Crippen molar-refractivity contribution in [3.8, 4) is 5.75 Å². The van der Waals surface area contributed by atoms with E-state index >= 15 is 0 Å². The Morgan fingerprint density at radius 1 is 1.36 bits per heavy atom. The first-order valence-corrected chi connectivity index (χ1v) is 8.87. The molecule has 3 N–H and O–H groups in total. The number of halogens is 1. The van der Waals surface area contributed by atoms with E-state index in [4.69, 9.17) is 11.6 Å². The molecule has 0 aliphatic heterocycles. The monoisotopic (exact) mass is 377 g/mol. The summed E-state index contributed by atoms with van der Waals surface area (Å²) in [5.74, 6) is 0.137. The molecule has 9 heteroatoms. The number of aromatic hydroxyl groups is 1. The molecule has 1 atom stereocenters. The van der Waals surface area contributed by atoms with Gasteiger partial charge in [-0.1, -0.05) is 23.9 Å². The molecule has 0 bridgehead atoms. The fraction of sp³-hybridized carbons (Fsp3) is 0.250. The first kappa shape index (κ1) is 17.5. The Balaban J connectivity index is 1.57. The van der Waals surface area contributed by atoms with Crippen molar-refractivity contribution in [1.82, 2.24) is 25.3 Å². The van der Waals surface area contributed by atoms with Crippen molar-refractivity contribution in [1.29, 1.82) is 0 Å². The summed E-state index contributed by atoms with van der Waals surface area (Å²) in [6.45, 7) is 2.32. The number of carbonyl (C=O) groups is 1. The lowest BCUT2D eigenvalue weighted by Crippen LogP contribution is -2.32. The van der Waals surface area contributed by atoms with Crippen LogP contribution >= 0.6 is 23.4 Å². The van der Waals surface area contributed by atoms with Crippen molar-refractivity contribution in [3.63, 3.8) is 0 Å². The van der Waals surface area contributed by atoms with E-state index in [0.29, 0.717) is 29.2 Å². The van der Waals surface area contributed by atoms with Crippen LogP contribution in [0.25, 0.3) is 11.2 Å². The van der Waals surface area contributed by atoms with Gasteiger partial charge in [0.15, 0.2) is 5.65 Å². The number of rotatable bonds is 6. The summed E-state index contributed by atoms with van der Waals surface area (Å²) in [4.78, 5) is 27.5. The number of hydrogen-bond acceptors (Lipinski definition) is 6. The van der Waals surface area contributed by atoms with Gasteiger partial charge in [0.1, 0.15) is 16.3 Å². The minimum Gasteiger partial charge on any atom is -0.508 e. The van der Waals surface area contributed by atoms with Gasteiger partial charge >= 0.3 is 0 Å². The lowest BCUT2D eigenvalue weighted by Gasteiger charge is -2.12. The van der Waals surface area contributed by atoms with Gasteiger partial charge in [-0.15, -0.1) is 0 Å². The molecule has 0 aliphatic carbocycles. The summed E-state index contributed by atoms with van der Waals surface area (Å²) in [6.07, 6.45) is 2.20. The molecular weight excluding hydrogens is 362 g/mol. The van der Waals surface area contributed by atoms with E-state index in [1.807, 2.05) is 12.1 Å². The van der Waals surface area contributed by atoms with Gasteiger partial charge in [0.05, 0.1) is 11.6 Å². The van der Waals surface area contributed by atoms with Gasteiger partial charge in [-0.25, -0.2) is 9.97 Å². The molecule has 0 radical (unpaired) electrons. The van der Waals surface area contributed by atoms with E-state index in [-0.39, 0.29) is 22.2 Å². The van der Waals surface area contributed by atoms with Crippen molar-refractivity contribution < 1.29 is 9.90 Å². The van der Waals surface area contributed by atoms with Crippen LogP contribution in [0.3, 0.4) is 0 Å². The van der Waals surface area contributed by atoms with Crippen LogP contribution in [0, 0.1) is 0 Å². The Morgan fingerprint density at radius 2 is 2.12 bits per heavy atom. The van der Waals surface area contributed by atoms with Crippen LogP contribution in [0.4, 0.5) is 0 Å². The summed E-state index contributed by atoms with van der Waals surface area (Å²) in [7, 11) is 0. The molecule has 2 heterocycles. The predicted octanol–water partition coefficient (Wildman–Crippen LogP) is 2.55. The highest BCUT2D eigenvalue weighted by molar-refractivity contribution is 8.00. The fourth-order valence-corrected chi connectivity index (χ4v) is 3.37. The first-order chi connectivity index (χ1) is 12.0. The van der Waals surface area contributed by atoms with Gasteiger partial charge in [-0.2, -0.15) is 4.98 Å². The predicted molar refractivity (Wildman–Crippen MR) is 96.8 cm³/mol. The minimum atomic E-state index is -0.350. The SMILES string of the molecule is C[C@H](Sc1nc(Cl)nc2nc[nH]c12)C(=O)NCCc1ccc(O)cc1. The quantitative estimate of drug-likeness (QED) is 0.346. The number of aromatic amines is 1. The lowest BCUT2D eigenvalue weighted by atomic mass is 10.1. The zero-order chi connectivity index (χ0) is 17.8. The van der Waals surface area contributed by atoms with Crippen molar-refractivity contribution in [2.45, 2.75) is 23.6 Å². The second kappa shape index (κ2) is 7.71. The molecule has 7 nitrogen and oxygen atoms in total. The summed E-state index contributed by atoms with van der Waals surface area (Å²) in [6, 6.07) is 6.92. The van der Waals surface area contributed by atoms with Gasteiger partial charge in [0.25, 0.3) is 0 Å². The van der Waals surface area contributed by atoms with Crippen LogP contribution in [0.15, 0.2) is 35.6 Å². The van der Waals surface area contributed by atoms with E-state index in [9.17, 15) is 9.90 Å². The highest BCUT2D eigenvalue weighted by Crippen LogP contribution is 2.27. The number of imidazole rings is 1. The van der Waals surface area contributed by atoms with Gasteiger partial charge in [-0.05, 0) is 42.6 Å². The Hall–Kier alpha value is -2.32. The second-order valence-corrected chi connectivity index (χ2v) is 7.03. The number of thioether (sulfide) groups is 1. The maximum absolute atomic E-state index is 12.3. The zero-order valence-electron chi connectivity index (χ0n) is 13.4. The van der Waals surface area contributed by atoms with Crippen LogP contribution < -0.4 is 5.32 Å². The number of nitrogens with one attached hydrogen (secondary N) is 2. The molecule has 0 saturated heterocycles. The van der Waals surface area contributed by atoms with E-state index < -0.39 is 0 Å². The molecule has 1 aromatic carbocycles. The Morgan fingerprint density at radius 3 is 2.88 bits per heavy atom. The third-order valence-electron chi connectivity index (χ3n) is 3.53. The van der Waals surface area contributed by atoms with E-state index in [2.05, 4.69) is 25.3 Å². The van der Waals surface area contributed by atoms with Crippen molar-refractivity contribution in [2.24, 2.45) is 0 Å². The number of phenolic OH excluding ortho intramolecular Hbond substituents is 1. The summed E-state index contributed by atoms with van der Waals surface area (Å²) in [5, 5.41) is 12.5. The third-order valence-corrected chi connectivity index (χ3v) is 4.79. The smallest absolute Gasteiger partial charge is 0.233 e. The number of amides is 1. The third kappa shape index (κ3) is 4.40. The maximum Gasteiger partial charge on any atom is 0.233 e. The van der Waals surface area contributed by atoms with E-state index in [1.54, 1.807) is 19.1 Å². The average molecular weight is 378 g/mol. The van der Waals surface area contributed by atoms with Crippen LogP contribution in [0.2, 0.25) is 5.28 Å². The summed E-state index contributed by atoms with van der Waals surface area (Å²) >= 11 is 7.19. The molecular formula is C16H16ClN5O2S. The van der Waals surface area contributed by atoms with Crippen LogP contribution in [0.5, 0.6) is 5.75 Å². The lowest BCUT2D eigenvalue weighted by molar-refractivity contribution is -0.120. The molecule has 3 aromatic rings. The molecule has 0 fully saturated rings. The fourth-order valence-electron chi connectivity index (χ4n) is 2.22. The highest BCUT2D eigenvalue weighted by atomic mass is 35.5. The first-order valence-electron chi connectivity index (χ1n) is 7.62. The zero-order valence-corrected chi connectivity index (χ0v) is 14.9. The van der Waals surface area contributed by atoms with Crippen molar-refractivity contribution in [2.75, 3.05) is 6.54 Å². The molecule has 130 valence electrons. The molecule has 2 aromatic heterocycles. The largest absolute Gasteiger partial charge is 0.508 e. The van der Waals surface area contributed by atoms with Crippen molar-refractivity contribution in [3.05, 3.63) is 41.4 Å². The standard InChI is InChI=1S/C16H16ClN5O2S/c1-9(14(24)18-7-6-10-2-4-11(23)5-3-10)25-15-12-13(20-8-19-12)21-16(17)22-15/h2-5,8-9,23H,6-7H2,1H3,(H,18,24)(H,19,20,21,22)/t9-/m0/s1. The maximum atomic E-state index is 12.3. The topological polar surface area (TPSA) is 104 Å². The molecule has 3 rings (SSSR count). The molecule has 0 unspecified atom stereocenters. The van der Waals surface area contributed by atoms with Crippen LogP contribution in [0.1, 0.15) is 12.5 Å². The minimum absolute atomic E-state index is 0.0915. The molecule has 0 saturated carbocycles. The normalized spacial score (nSPS) is 12.2. The number of benzene rings is 1. The van der Waals surface area contributed by atoms with Crippen LogP contribution in [-0.4, -0.2) is 42.7 Å². The molecule has 25 heavy (non-hydrogen) atoms. The van der Waals surface area contributed by atoms with E-state index in [0.717, 1.165) is 5.56 Å². The number of fused-ring (bicyclic) bond motifs is 1. The summed E-state index contributed by atoms with van der Waals surface area (Å²) in [5.41, 5.74) is 2.18. The molecule has 1 amide bonds. The van der Waals surface area contributed by atoms with Crippen LogP contribution in [-0.2, 0) is 11.2 Å². The average Bonchev–Trinajstić information content (AvgIpc) is 3.05. The Bertz CT molecular complexity index is 884. The molecule has 0 spiro atoms. The van der Waals surface area contributed by atoms with Gasteiger partial charge in [0.2, 0.25) is 11.2 Å². The highest BCUT2D eigenvalue weighted by Gasteiger charge is 2.18. The Labute approximate surface area is 153 Å². The number of aromatic nitrogens is 4. The van der Waals surface area contributed by atoms with Gasteiger partial charge in [-0.3, -0.25) is 4.79 Å². The Kier molecular flexibility index (Phi) is 5.40. The second-order valence-electron chi connectivity index (χ2n) is 5.37. The van der Waals surface area contributed by atoms with E-state index in [1.165, 1.54) is 18.1 Å². The summed E-state index contributed by atoms with van der Waals surface area (Å²) < 4.78 is 0. The van der Waals surface area contributed by atoms with Gasteiger partial charge in [0, 0.05) is 6.54 Å². The van der Waals surface area contributed by atoms with Gasteiger partial charge < -0.3 is 15.4 Å².